The van der Waals surface area contributed by atoms with Crippen molar-refractivity contribution >= 4 is 15.7 Å². The van der Waals surface area contributed by atoms with Crippen molar-refractivity contribution in [2.24, 2.45) is 0 Å². The van der Waals surface area contributed by atoms with Crippen LogP contribution in [-0.4, -0.2) is 44.0 Å². The molecule has 2 atom stereocenters. The summed E-state index contributed by atoms with van der Waals surface area (Å²) in [5.74, 6) is -2.07. The van der Waals surface area contributed by atoms with Crippen LogP contribution in [0, 0.1) is 0 Å². The monoisotopic (exact) mass is 473 g/mol. The number of benzene rings is 2. The van der Waals surface area contributed by atoms with Crippen LogP contribution in [0.25, 0.3) is 0 Å². The minimum absolute atomic E-state index is 0.00199. The van der Waals surface area contributed by atoms with Crippen LogP contribution in [-0.2, 0) is 15.9 Å². The second-order valence-corrected chi connectivity index (χ2v) is 9.75. The number of likely N-dealkylation sites (N-methyl/N-ethyl adjacent to an activating group) is 1. The quantitative estimate of drug-likeness (QED) is 0.597. The van der Waals surface area contributed by atoms with Gasteiger partial charge in [0.15, 0.2) is 0 Å². The topological polar surface area (TPSA) is 80.8 Å². The summed E-state index contributed by atoms with van der Waals surface area (Å²) in [5.41, 5.74) is -0.0930. The molecule has 1 saturated heterocycles. The second-order valence-electron chi connectivity index (χ2n) is 8.07. The van der Waals surface area contributed by atoms with Crippen molar-refractivity contribution in [2.75, 3.05) is 18.3 Å². The normalized spacial score (nSPS) is 21.5. The minimum Gasteiger partial charge on any atom is -0.488 e. The van der Waals surface area contributed by atoms with Gasteiger partial charge in [-0.05, 0) is 62.0 Å². The van der Waals surface area contributed by atoms with Crippen molar-refractivity contribution in [3.05, 3.63) is 72.6 Å². The second kappa shape index (κ2) is 7.96. The predicted octanol–water partition coefficient (Wildman–Crippen LogP) is 4.23. The van der Waals surface area contributed by atoms with E-state index in [9.17, 15) is 8.42 Å². The first-order valence-corrected chi connectivity index (χ1v) is 11.8. The Balaban J connectivity index is 1.35. The third-order valence-electron chi connectivity index (χ3n) is 5.86. The average Bonchev–Trinajstić information content (AvgIpc) is 3.16. The number of halogens is 2. The first-order chi connectivity index (χ1) is 15.7. The van der Waals surface area contributed by atoms with Gasteiger partial charge in [-0.2, -0.15) is 8.78 Å². The number of anilines is 1. The molecule has 0 radical (unpaired) electrons. The lowest BCUT2D eigenvalue weighted by atomic mass is 9.93. The SMILES string of the molecule is CN1CC[C@H]2Oc3cc(NS(=O)(=O)c4ccc(Oc5ccncc5)cc4)ccc3C(F)(F)C21. The number of alkyl halides is 2. The lowest BCUT2D eigenvalue weighted by molar-refractivity contribution is -0.112. The number of pyridine rings is 1. The summed E-state index contributed by atoms with van der Waals surface area (Å²) in [5, 5.41) is 0. The van der Waals surface area contributed by atoms with Crippen molar-refractivity contribution in [1.82, 2.24) is 9.88 Å². The van der Waals surface area contributed by atoms with Gasteiger partial charge in [0.05, 0.1) is 16.1 Å². The number of ether oxygens (including phenoxy) is 2. The number of hydrogen-bond acceptors (Lipinski definition) is 6. The first kappa shape index (κ1) is 21.6. The highest BCUT2D eigenvalue weighted by atomic mass is 32.2. The van der Waals surface area contributed by atoms with Crippen LogP contribution in [0.3, 0.4) is 0 Å². The van der Waals surface area contributed by atoms with Gasteiger partial charge in [0.1, 0.15) is 29.4 Å². The average molecular weight is 474 g/mol. The molecule has 0 bridgehead atoms. The lowest BCUT2D eigenvalue weighted by Gasteiger charge is -2.38. The molecule has 1 fully saturated rings. The van der Waals surface area contributed by atoms with E-state index in [1.807, 2.05) is 0 Å². The Bertz CT molecular complexity index is 1270. The molecule has 2 aliphatic rings. The summed E-state index contributed by atoms with van der Waals surface area (Å²) in [6.07, 6.45) is 3.01. The van der Waals surface area contributed by atoms with Gasteiger partial charge in [0, 0.05) is 25.0 Å². The molecule has 5 rings (SSSR count). The Morgan fingerprint density at radius 3 is 2.52 bits per heavy atom. The molecule has 2 aliphatic heterocycles. The standard InChI is InChI=1S/C23H21F2N3O4S/c1-28-13-10-20-22(28)23(24,25)19-7-2-15(14-21(19)32-20)27-33(29,30)18-5-3-16(4-6-18)31-17-8-11-26-12-9-17/h2-9,11-12,14,20,22,27H,10,13H2,1H3/t20-,22?/m1/s1. The van der Waals surface area contributed by atoms with Gasteiger partial charge in [-0.1, -0.05) is 0 Å². The van der Waals surface area contributed by atoms with Crippen LogP contribution in [0.15, 0.2) is 71.9 Å². The van der Waals surface area contributed by atoms with Crippen LogP contribution in [0.1, 0.15) is 12.0 Å². The Morgan fingerprint density at radius 1 is 1.09 bits per heavy atom. The van der Waals surface area contributed by atoms with Gasteiger partial charge in [-0.25, -0.2) is 8.42 Å². The van der Waals surface area contributed by atoms with Crippen molar-refractivity contribution in [1.29, 1.82) is 0 Å². The van der Waals surface area contributed by atoms with Crippen molar-refractivity contribution in [3.8, 4) is 17.2 Å². The van der Waals surface area contributed by atoms with E-state index < -0.39 is 28.1 Å². The molecule has 0 aliphatic carbocycles. The predicted molar refractivity (Wildman–Crippen MR) is 117 cm³/mol. The zero-order valence-electron chi connectivity index (χ0n) is 17.6. The van der Waals surface area contributed by atoms with E-state index in [0.717, 1.165) is 0 Å². The molecule has 1 N–H and O–H groups in total. The Labute approximate surface area is 190 Å². The molecule has 3 aromatic rings. The maximum absolute atomic E-state index is 15.1. The summed E-state index contributed by atoms with van der Waals surface area (Å²) < 4.78 is 69.7. The molecule has 3 heterocycles. The zero-order chi connectivity index (χ0) is 23.2. The van der Waals surface area contributed by atoms with E-state index in [1.165, 1.54) is 42.5 Å². The highest BCUT2D eigenvalue weighted by Gasteiger charge is 2.56. The summed E-state index contributed by atoms with van der Waals surface area (Å²) in [6, 6.07) is 12.1. The van der Waals surface area contributed by atoms with E-state index in [0.29, 0.717) is 24.5 Å². The summed E-state index contributed by atoms with van der Waals surface area (Å²) in [6.45, 7) is 0.513. The van der Waals surface area contributed by atoms with Crippen molar-refractivity contribution < 1.29 is 26.7 Å². The van der Waals surface area contributed by atoms with E-state index in [1.54, 1.807) is 36.5 Å². The number of aromatic nitrogens is 1. The van der Waals surface area contributed by atoms with Gasteiger partial charge < -0.3 is 9.47 Å². The lowest BCUT2D eigenvalue weighted by Crippen LogP contribution is -2.50. The third-order valence-corrected chi connectivity index (χ3v) is 7.25. The minimum atomic E-state index is -3.95. The van der Waals surface area contributed by atoms with Gasteiger partial charge in [0.2, 0.25) is 0 Å². The maximum atomic E-state index is 15.1. The Hall–Kier alpha value is -3.24. The number of rotatable bonds is 5. The molecular formula is C23H21F2N3O4S. The fraction of sp³-hybridized carbons (Fsp3) is 0.261. The molecular weight excluding hydrogens is 452 g/mol. The van der Waals surface area contributed by atoms with Crippen LogP contribution in [0.4, 0.5) is 14.5 Å². The fourth-order valence-corrected chi connectivity index (χ4v) is 5.32. The Kier molecular flexibility index (Phi) is 5.21. The smallest absolute Gasteiger partial charge is 0.295 e. The number of likely N-dealkylation sites (tertiary alicyclic amines) is 1. The maximum Gasteiger partial charge on any atom is 0.295 e. The first-order valence-electron chi connectivity index (χ1n) is 10.3. The van der Waals surface area contributed by atoms with E-state index in [4.69, 9.17) is 9.47 Å². The largest absolute Gasteiger partial charge is 0.488 e. The Morgan fingerprint density at radius 2 is 1.79 bits per heavy atom. The van der Waals surface area contributed by atoms with Crippen LogP contribution in [0.2, 0.25) is 0 Å². The molecule has 1 unspecified atom stereocenters. The van der Waals surface area contributed by atoms with E-state index in [2.05, 4.69) is 9.71 Å². The van der Waals surface area contributed by atoms with Gasteiger partial charge in [-0.15, -0.1) is 0 Å². The van der Waals surface area contributed by atoms with E-state index in [-0.39, 0.29) is 21.9 Å². The van der Waals surface area contributed by atoms with Gasteiger partial charge in [0.25, 0.3) is 15.9 Å². The van der Waals surface area contributed by atoms with Gasteiger partial charge in [-0.3, -0.25) is 14.6 Å². The highest BCUT2D eigenvalue weighted by Crippen LogP contribution is 2.48. The molecule has 33 heavy (non-hydrogen) atoms. The summed E-state index contributed by atoms with van der Waals surface area (Å²) >= 11 is 0. The van der Waals surface area contributed by atoms with Crippen LogP contribution < -0.4 is 14.2 Å². The molecule has 1 aromatic heterocycles. The number of hydrogen-bond donors (Lipinski definition) is 1. The zero-order valence-corrected chi connectivity index (χ0v) is 18.4. The molecule has 172 valence electrons. The fourth-order valence-electron chi connectivity index (χ4n) is 4.27. The molecule has 0 spiro atoms. The van der Waals surface area contributed by atoms with Crippen molar-refractivity contribution in [2.45, 2.75) is 29.4 Å². The third kappa shape index (κ3) is 4.00. The molecule has 0 amide bonds. The molecule has 10 heteroatoms. The van der Waals surface area contributed by atoms with Crippen molar-refractivity contribution in [3.63, 3.8) is 0 Å². The summed E-state index contributed by atoms with van der Waals surface area (Å²) in [7, 11) is -2.30. The number of fused-ring (bicyclic) bond motifs is 2. The number of nitrogens with one attached hydrogen (secondary N) is 1. The number of sulfonamides is 1. The van der Waals surface area contributed by atoms with E-state index >= 15 is 8.78 Å². The highest BCUT2D eigenvalue weighted by molar-refractivity contribution is 7.92. The van der Waals surface area contributed by atoms with Crippen LogP contribution >= 0.6 is 0 Å². The summed E-state index contributed by atoms with van der Waals surface area (Å²) in [4.78, 5) is 5.52. The van der Waals surface area contributed by atoms with Gasteiger partial charge >= 0.3 is 0 Å². The molecule has 7 nitrogen and oxygen atoms in total. The number of nitrogens with zero attached hydrogens (tertiary/aromatic N) is 2. The molecule has 2 aromatic carbocycles. The molecule has 0 saturated carbocycles. The van der Waals surface area contributed by atoms with Crippen LogP contribution in [0.5, 0.6) is 17.2 Å².